The zero-order chi connectivity index (χ0) is 19.3. The number of halogens is 1. The van der Waals surface area contributed by atoms with Crippen LogP contribution in [0.1, 0.15) is 18.1 Å². The van der Waals surface area contributed by atoms with Crippen LogP contribution in [0, 0.1) is 10.5 Å². The van der Waals surface area contributed by atoms with Gasteiger partial charge in [0.2, 0.25) is 10.0 Å². The molecular weight excluding hydrogens is 465 g/mol. The maximum Gasteiger partial charge on any atom is 0.260 e. The molecule has 2 aromatic carbocycles. The number of benzene rings is 2. The quantitative estimate of drug-likeness (QED) is 0.389. The number of carbonyl (C=O) groups excluding carboxylic acids is 1. The number of sulfonamides is 1. The van der Waals surface area contributed by atoms with Crippen molar-refractivity contribution in [1.82, 2.24) is 5.43 Å². The first-order chi connectivity index (χ1) is 12.2. The minimum atomic E-state index is -3.60. The van der Waals surface area contributed by atoms with E-state index in [1.165, 1.54) is 0 Å². The Morgan fingerprint density at radius 1 is 1.19 bits per heavy atom. The lowest BCUT2D eigenvalue weighted by atomic mass is 10.1. The summed E-state index contributed by atoms with van der Waals surface area (Å²) in [5.74, 6) is -0.512. The first-order valence-corrected chi connectivity index (χ1v) is 10.7. The van der Waals surface area contributed by atoms with Crippen molar-refractivity contribution in [3.8, 4) is 0 Å². The summed E-state index contributed by atoms with van der Waals surface area (Å²) in [5, 5.41) is 4.07. The molecule has 0 saturated heterocycles. The Balaban J connectivity index is 2.14. The fourth-order valence-corrected chi connectivity index (χ4v) is 3.66. The van der Waals surface area contributed by atoms with Gasteiger partial charge < -0.3 is 0 Å². The molecule has 0 bridgehead atoms. The Bertz CT molecular complexity index is 942. The smallest absolute Gasteiger partial charge is 0.260 e. The molecule has 0 radical (unpaired) electrons. The molecule has 0 atom stereocenters. The van der Waals surface area contributed by atoms with Crippen LogP contribution in [0.4, 0.5) is 5.69 Å². The molecule has 1 amide bonds. The highest BCUT2D eigenvalue weighted by Gasteiger charge is 2.20. The molecule has 0 fully saturated rings. The topological polar surface area (TPSA) is 78.8 Å². The van der Waals surface area contributed by atoms with Crippen molar-refractivity contribution < 1.29 is 13.2 Å². The maximum absolute atomic E-state index is 12.2. The fraction of sp³-hybridized carbons (Fsp3) is 0.222. The highest BCUT2D eigenvalue weighted by molar-refractivity contribution is 14.1. The molecule has 0 spiro atoms. The van der Waals surface area contributed by atoms with E-state index >= 15 is 0 Å². The standard InChI is InChI=1S/C18H20IN3O3S/c1-13-6-4-9-17(10-13)22(26(3,24)25)12-18(23)21-20-14(2)15-7-5-8-16(19)11-15/h4-11H,12H2,1-3H3,(H,21,23)/b20-14+. The first kappa shape index (κ1) is 20.4. The monoisotopic (exact) mass is 485 g/mol. The first-order valence-electron chi connectivity index (χ1n) is 7.80. The van der Waals surface area contributed by atoms with Gasteiger partial charge in [0.05, 0.1) is 17.7 Å². The number of hydrogen-bond donors (Lipinski definition) is 1. The van der Waals surface area contributed by atoms with Gasteiger partial charge in [-0.15, -0.1) is 0 Å². The van der Waals surface area contributed by atoms with Gasteiger partial charge in [0.15, 0.2) is 0 Å². The third kappa shape index (κ3) is 5.80. The van der Waals surface area contributed by atoms with Gasteiger partial charge in [-0.1, -0.05) is 24.3 Å². The third-order valence-corrected chi connectivity index (χ3v) is 5.38. The lowest BCUT2D eigenvalue weighted by Crippen LogP contribution is -2.39. The van der Waals surface area contributed by atoms with Gasteiger partial charge in [-0.2, -0.15) is 5.10 Å². The molecule has 6 nitrogen and oxygen atoms in total. The summed E-state index contributed by atoms with van der Waals surface area (Å²) in [6.07, 6.45) is 1.07. The predicted octanol–water partition coefficient (Wildman–Crippen LogP) is 2.91. The Hall–Kier alpha value is -1.94. The summed E-state index contributed by atoms with van der Waals surface area (Å²) in [4.78, 5) is 12.2. The Labute approximate surface area is 167 Å². The van der Waals surface area contributed by atoms with Crippen LogP contribution >= 0.6 is 22.6 Å². The van der Waals surface area contributed by atoms with Crippen molar-refractivity contribution in [2.24, 2.45) is 5.10 Å². The van der Waals surface area contributed by atoms with Crippen LogP contribution in [-0.2, 0) is 14.8 Å². The third-order valence-electron chi connectivity index (χ3n) is 3.57. The van der Waals surface area contributed by atoms with E-state index in [0.29, 0.717) is 11.4 Å². The van der Waals surface area contributed by atoms with E-state index in [-0.39, 0.29) is 6.54 Å². The predicted molar refractivity (Wildman–Crippen MR) is 113 cm³/mol. The van der Waals surface area contributed by atoms with Gasteiger partial charge in [-0.25, -0.2) is 13.8 Å². The second-order valence-electron chi connectivity index (χ2n) is 5.85. The van der Waals surface area contributed by atoms with E-state index in [1.807, 2.05) is 37.3 Å². The van der Waals surface area contributed by atoms with Gasteiger partial charge in [0, 0.05) is 3.57 Å². The van der Waals surface area contributed by atoms with E-state index < -0.39 is 15.9 Å². The molecule has 2 aromatic rings. The number of aryl methyl sites for hydroxylation is 1. The molecule has 0 heterocycles. The number of nitrogens with zero attached hydrogens (tertiary/aromatic N) is 2. The summed E-state index contributed by atoms with van der Waals surface area (Å²) >= 11 is 2.20. The summed E-state index contributed by atoms with van der Waals surface area (Å²) in [5.41, 5.74) is 5.30. The van der Waals surface area contributed by atoms with Gasteiger partial charge in [0.25, 0.3) is 5.91 Å². The summed E-state index contributed by atoms with van der Waals surface area (Å²) < 4.78 is 26.3. The minimum Gasteiger partial charge on any atom is -0.271 e. The van der Waals surface area contributed by atoms with Crippen LogP contribution in [0.2, 0.25) is 0 Å². The maximum atomic E-state index is 12.2. The number of amides is 1. The van der Waals surface area contributed by atoms with Crippen LogP contribution in [0.15, 0.2) is 53.6 Å². The number of rotatable bonds is 6. The van der Waals surface area contributed by atoms with Gasteiger partial charge in [-0.3, -0.25) is 9.10 Å². The van der Waals surface area contributed by atoms with Crippen LogP contribution in [-0.4, -0.2) is 32.8 Å². The normalized spacial score (nSPS) is 11.9. The molecule has 0 saturated carbocycles. The number of nitrogens with one attached hydrogen (secondary N) is 1. The number of hydrazone groups is 1. The lowest BCUT2D eigenvalue weighted by Gasteiger charge is -2.21. The molecule has 8 heteroatoms. The van der Waals surface area contributed by atoms with Crippen molar-refractivity contribution in [3.63, 3.8) is 0 Å². The van der Waals surface area contributed by atoms with Crippen LogP contribution in [0.3, 0.4) is 0 Å². The van der Waals surface area contributed by atoms with Gasteiger partial charge in [-0.05, 0) is 71.8 Å². The molecule has 1 N–H and O–H groups in total. The lowest BCUT2D eigenvalue weighted by molar-refractivity contribution is -0.119. The number of hydrogen-bond acceptors (Lipinski definition) is 4. The highest BCUT2D eigenvalue weighted by Crippen LogP contribution is 2.18. The molecule has 26 heavy (non-hydrogen) atoms. The van der Waals surface area contributed by atoms with Crippen LogP contribution < -0.4 is 9.73 Å². The van der Waals surface area contributed by atoms with E-state index in [1.54, 1.807) is 25.1 Å². The Morgan fingerprint density at radius 2 is 1.88 bits per heavy atom. The Kier molecular flexibility index (Phi) is 6.76. The molecule has 0 aromatic heterocycles. The van der Waals surface area contributed by atoms with E-state index in [2.05, 4.69) is 33.1 Å². The van der Waals surface area contributed by atoms with E-state index in [0.717, 1.165) is 25.3 Å². The summed E-state index contributed by atoms with van der Waals surface area (Å²) in [7, 11) is -3.60. The average molecular weight is 485 g/mol. The largest absolute Gasteiger partial charge is 0.271 e. The Morgan fingerprint density at radius 3 is 2.50 bits per heavy atom. The second-order valence-corrected chi connectivity index (χ2v) is 9.00. The van der Waals surface area contributed by atoms with Gasteiger partial charge in [0.1, 0.15) is 6.54 Å². The molecule has 2 rings (SSSR count). The number of anilines is 1. The molecule has 0 aliphatic carbocycles. The molecular formula is C18H20IN3O3S. The van der Waals surface area contributed by atoms with Crippen molar-refractivity contribution in [2.75, 3.05) is 17.1 Å². The van der Waals surface area contributed by atoms with Crippen molar-refractivity contribution in [3.05, 3.63) is 63.2 Å². The molecule has 0 aliphatic rings. The highest BCUT2D eigenvalue weighted by atomic mass is 127. The number of carbonyl (C=O) groups is 1. The second kappa shape index (κ2) is 8.63. The van der Waals surface area contributed by atoms with Crippen molar-refractivity contribution in [2.45, 2.75) is 13.8 Å². The van der Waals surface area contributed by atoms with E-state index in [9.17, 15) is 13.2 Å². The van der Waals surface area contributed by atoms with Crippen LogP contribution in [0.5, 0.6) is 0 Å². The van der Waals surface area contributed by atoms with E-state index in [4.69, 9.17) is 0 Å². The minimum absolute atomic E-state index is 0.342. The van der Waals surface area contributed by atoms with Gasteiger partial charge >= 0.3 is 0 Å². The van der Waals surface area contributed by atoms with Crippen molar-refractivity contribution in [1.29, 1.82) is 0 Å². The zero-order valence-corrected chi connectivity index (χ0v) is 17.7. The summed E-state index contributed by atoms with van der Waals surface area (Å²) in [6, 6.07) is 14.7. The average Bonchev–Trinajstić information content (AvgIpc) is 2.56. The zero-order valence-electron chi connectivity index (χ0n) is 14.7. The van der Waals surface area contributed by atoms with Crippen LogP contribution in [0.25, 0.3) is 0 Å². The molecule has 0 aliphatic heterocycles. The fourth-order valence-electron chi connectivity index (χ4n) is 2.27. The molecule has 0 unspecified atom stereocenters. The SMILES string of the molecule is C/C(=N\NC(=O)CN(c1cccc(C)c1)S(C)(=O)=O)c1cccc(I)c1. The van der Waals surface area contributed by atoms with Crippen molar-refractivity contribution >= 4 is 49.9 Å². The summed E-state index contributed by atoms with van der Waals surface area (Å²) in [6.45, 7) is 3.30. The molecule has 138 valence electrons.